The van der Waals surface area contributed by atoms with Crippen LogP contribution < -0.4 is 5.32 Å². The summed E-state index contributed by atoms with van der Waals surface area (Å²) < 4.78 is 5.05. The predicted molar refractivity (Wildman–Crippen MR) is 85.6 cm³/mol. The lowest BCUT2D eigenvalue weighted by Gasteiger charge is -2.13. The number of esters is 1. The summed E-state index contributed by atoms with van der Waals surface area (Å²) in [6.45, 7) is 3.21. The number of carbonyl (C=O) groups excluding carboxylic acids is 2. The van der Waals surface area contributed by atoms with E-state index in [-0.39, 0.29) is 11.3 Å². The van der Waals surface area contributed by atoms with Crippen molar-refractivity contribution in [3.8, 4) is 5.75 Å². The number of phenolic OH excluding ortho intramolecular Hbond substituents is 1. The zero-order valence-corrected chi connectivity index (χ0v) is 13.3. The van der Waals surface area contributed by atoms with Gasteiger partial charge in [-0.2, -0.15) is 0 Å². The highest BCUT2D eigenvalue weighted by molar-refractivity contribution is 6.30. The minimum atomic E-state index is -1.05. The zero-order valence-electron chi connectivity index (χ0n) is 12.5. The normalized spacial score (nSPS) is 11.6. The number of halogens is 1. The molecule has 1 heterocycles. The highest BCUT2D eigenvalue weighted by Gasteiger charge is 2.21. The standard InChI is InChI=1S/C16H15ClN2O4/c1-9-3-5-12(13(20)7-9)16(22)23-10(2)15(21)19-14-6-4-11(17)8-18-14/h3-8,10,20H,1-2H3,(H,18,19,21)/t10-/m0/s1. The highest BCUT2D eigenvalue weighted by Crippen LogP contribution is 2.20. The molecule has 1 atom stereocenters. The average Bonchev–Trinajstić information content (AvgIpc) is 2.49. The smallest absolute Gasteiger partial charge is 0.342 e. The van der Waals surface area contributed by atoms with Gasteiger partial charge < -0.3 is 15.2 Å². The van der Waals surface area contributed by atoms with Gasteiger partial charge in [-0.05, 0) is 43.7 Å². The largest absolute Gasteiger partial charge is 0.507 e. The van der Waals surface area contributed by atoms with Crippen molar-refractivity contribution in [3.05, 3.63) is 52.7 Å². The van der Waals surface area contributed by atoms with E-state index in [9.17, 15) is 14.7 Å². The number of benzene rings is 1. The monoisotopic (exact) mass is 334 g/mol. The third-order valence-electron chi connectivity index (χ3n) is 3.00. The Bertz CT molecular complexity index is 731. The molecular formula is C16H15ClN2O4. The molecule has 6 nitrogen and oxygen atoms in total. The molecule has 23 heavy (non-hydrogen) atoms. The van der Waals surface area contributed by atoms with Crippen LogP contribution in [0, 0.1) is 6.92 Å². The molecule has 1 amide bonds. The number of carbonyl (C=O) groups is 2. The number of hydrogen-bond donors (Lipinski definition) is 2. The fourth-order valence-corrected chi connectivity index (χ4v) is 1.88. The van der Waals surface area contributed by atoms with Crippen molar-refractivity contribution in [1.82, 2.24) is 4.98 Å². The summed E-state index contributed by atoms with van der Waals surface area (Å²) in [5.41, 5.74) is 0.804. The molecule has 7 heteroatoms. The van der Waals surface area contributed by atoms with Gasteiger partial charge in [-0.15, -0.1) is 0 Å². The van der Waals surface area contributed by atoms with Crippen LogP contribution in [0.1, 0.15) is 22.8 Å². The molecular weight excluding hydrogens is 320 g/mol. The van der Waals surface area contributed by atoms with Crippen molar-refractivity contribution in [2.75, 3.05) is 5.32 Å². The van der Waals surface area contributed by atoms with E-state index in [2.05, 4.69) is 10.3 Å². The molecule has 0 saturated carbocycles. The van der Waals surface area contributed by atoms with E-state index in [4.69, 9.17) is 16.3 Å². The number of nitrogens with one attached hydrogen (secondary N) is 1. The van der Waals surface area contributed by atoms with Crippen LogP contribution in [0.25, 0.3) is 0 Å². The maximum atomic E-state index is 12.0. The van der Waals surface area contributed by atoms with Crippen molar-refractivity contribution in [2.45, 2.75) is 20.0 Å². The van der Waals surface area contributed by atoms with Crippen LogP contribution in [0.4, 0.5) is 5.82 Å². The number of anilines is 1. The second-order valence-electron chi connectivity index (χ2n) is 4.92. The molecule has 2 rings (SSSR count). The van der Waals surface area contributed by atoms with Crippen molar-refractivity contribution in [1.29, 1.82) is 0 Å². The van der Waals surface area contributed by atoms with Crippen LogP contribution in [0.2, 0.25) is 5.02 Å². The topological polar surface area (TPSA) is 88.5 Å². The van der Waals surface area contributed by atoms with Crippen LogP contribution >= 0.6 is 11.6 Å². The molecule has 0 fully saturated rings. The Morgan fingerprint density at radius 2 is 2.04 bits per heavy atom. The first kappa shape index (κ1) is 16.8. The van der Waals surface area contributed by atoms with Crippen molar-refractivity contribution in [3.63, 3.8) is 0 Å². The Morgan fingerprint density at radius 3 is 2.65 bits per heavy atom. The molecule has 2 aromatic rings. The number of pyridine rings is 1. The molecule has 0 saturated heterocycles. The SMILES string of the molecule is Cc1ccc(C(=O)O[C@@H](C)C(=O)Nc2ccc(Cl)cn2)c(O)c1. The molecule has 0 unspecified atom stereocenters. The number of aromatic nitrogens is 1. The molecule has 1 aromatic heterocycles. The Labute approximate surface area is 138 Å². The molecule has 2 N–H and O–H groups in total. The third-order valence-corrected chi connectivity index (χ3v) is 3.23. The Kier molecular flexibility index (Phi) is 5.18. The second-order valence-corrected chi connectivity index (χ2v) is 5.36. The van der Waals surface area contributed by atoms with Gasteiger partial charge in [-0.1, -0.05) is 17.7 Å². The molecule has 0 spiro atoms. The summed E-state index contributed by atoms with van der Waals surface area (Å²) >= 11 is 5.71. The average molecular weight is 335 g/mol. The van der Waals surface area contributed by atoms with E-state index in [1.165, 1.54) is 31.3 Å². The van der Waals surface area contributed by atoms with Crippen LogP contribution in [0.5, 0.6) is 5.75 Å². The minimum absolute atomic E-state index is 0.000122. The van der Waals surface area contributed by atoms with Crippen LogP contribution in [-0.4, -0.2) is 28.1 Å². The summed E-state index contributed by atoms with van der Waals surface area (Å²) in [4.78, 5) is 27.9. The molecule has 0 aliphatic carbocycles. The van der Waals surface area contributed by atoms with Crippen LogP contribution in [0.3, 0.4) is 0 Å². The highest BCUT2D eigenvalue weighted by atomic mass is 35.5. The molecule has 1 aromatic carbocycles. The van der Waals surface area contributed by atoms with Gasteiger partial charge in [0.05, 0.1) is 5.02 Å². The maximum absolute atomic E-state index is 12.0. The Balaban J connectivity index is 2.00. The fraction of sp³-hybridized carbons (Fsp3) is 0.188. The first-order valence-electron chi connectivity index (χ1n) is 6.80. The maximum Gasteiger partial charge on any atom is 0.342 e. The summed E-state index contributed by atoms with van der Waals surface area (Å²) in [7, 11) is 0. The Morgan fingerprint density at radius 1 is 1.30 bits per heavy atom. The first-order valence-corrected chi connectivity index (χ1v) is 7.17. The second kappa shape index (κ2) is 7.11. The van der Waals surface area contributed by atoms with E-state index in [0.29, 0.717) is 10.8 Å². The summed E-state index contributed by atoms with van der Waals surface area (Å²) in [6.07, 6.45) is 0.332. The van der Waals surface area contributed by atoms with Gasteiger partial charge >= 0.3 is 5.97 Å². The minimum Gasteiger partial charge on any atom is -0.507 e. The lowest BCUT2D eigenvalue weighted by atomic mass is 10.1. The number of aromatic hydroxyl groups is 1. The predicted octanol–water partition coefficient (Wildman–Crippen LogP) is 2.93. The van der Waals surface area contributed by atoms with Gasteiger partial charge in [-0.25, -0.2) is 9.78 Å². The van der Waals surface area contributed by atoms with Gasteiger partial charge in [-0.3, -0.25) is 4.79 Å². The van der Waals surface area contributed by atoms with Crippen molar-refractivity contribution < 1.29 is 19.4 Å². The lowest BCUT2D eigenvalue weighted by Crippen LogP contribution is -2.30. The van der Waals surface area contributed by atoms with Crippen LogP contribution in [-0.2, 0) is 9.53 Å². The van der Waals surface area contributed by atoms with Gasteiger partial charge in [0.1, 0.15) is 17.1 Å². The number of hydrogen-bond acceptors (Lipinski definition) is 5. The fourth-order valence-electron chi connectivity index (χ4n) is 1.77. The molecule has 120 valence electrons. The van der Waals surface area contributed by atoms with Gasteiger partial charge in [0.25, 0.3) is 5.91 Å². The quantitative estimate of drug-likeness (QED) is 0.839. The number of ether oxygens (including phenoxy) is 1. The summed E-state index contributed by atoms with van der Waals surface area (Å²) in [5, 5.41) is 12.7. The van der Waals surface area contributed by atoms with E-state index >= 15 is 0 Å². The number of amides is 1. The lowest BCUT2D eigenvalue weighted by molar-refractivity contribution is -0.123. The first-order chi connectivity index (χ1) is 10.9. The van der Waals surface area contributed by atoms with E-state index in [1.807, 2.05) is 0 Å². The third kappa shape index (κ3) is 4.43. The molecule has 0 aliphatic rings. The van der Waals surface area contributed by atoms with Gasteiger partial charge in [0.2, 0.25) is 0 Å². The van der Waals surface area contributed by atoms with E-state index in [0.717, 1.165) is 5.56 Å². The number of aryl methyl sites for hydroxylation is 1. The summed E-state index contributed by atoms with van der Waals surface area (Å²) in [6, 6.07) is 7.65. The molecule has 0 aliphatic heterocycles. The molecule has 0 radical (unpaired) electrons. The molecule has 0 bridgehead atoms. The van der Waals surface area contributed by atoms with Gasteiger partial charge in [0, 0.05) is 6.20 Å². The summed E-state index contributed by atoms with van der Waals surface area (Å²) in [5.74, 6) is -1.23. The number of rotatable bonds is 4. The van der Waals surface area contributed by atoms with Crippen molar-refractivity contribution >= 4 is 29.3 Å². The Hall–Kier alpha value is -2.60. The van der Waals surface area contributed by atoms with Gasteiger partial charge in [0.15, 0.2) is 6.10 Å². The van der Waals surface area contributed by atoms with E-state index in [1.54, 1.807) is 19.1 Å². The number of nitrogens with zero attached hydrogens (tertiary/aromatic N) is 1. The van der Waals surface area contributed by atoms with Crippen LogP contribution in [0.15, 0.2) is 36.5 Å². The van der Waals surface area contributed by atoms with Crippen molar-refractivity contribution in [2.24, 2.45) is 0 Å². The number of phenols is 1. The van der Waals surface area contributed by atoms with E-state index < -0.39 is 18.0 Å². The zero-order chi connectivity index (χ0) is 17.0.